The van der Waals surface area contributed by atoms with E-state index in [-0.39, 0.29) is 29.2 Å². The average molecular weight is 361 g/mol. The van der Waals surface area contributed by atoms with E-state index in [4.69, 9.17) is 10.5 Å². The molecule has 2 amide bonds. The van der Waals surface area contributed by atoms with Gasteiger partial charge in [0.2, 0.25) is 5.91 Å². The molecule has 0 aliphatic carbocycles. The fraction of sp³-hybridized carbons (Fsp3) is 0.600. The minimum absolute atomic E-state index is 0.0107. The Morgan fingerprint density at radius 2 is 1.88 bits per heavy atom. The second-order valence-corrected chi connectivity index (χ2v) is 8.07. The van der Waals surface area contributed by atoms with Crippen molar-refractivity contribution >= 4 is 11.8 Å². The van der Waals surface area contributed by atoms with Crippen LogP contribution in [0.25, 0.3) is 0 Å². The van der Waals surface area contributed by atoms with Gasteiger partial charge in [-0.2, -0.15) is 0 Å². The Morgan fingerprint density at radius 3 is 2.38 bits per heavy atom. The molecule has 26 heavy (non-hydrogen) atoms. The first-order valence-electron chi connectivity index (χ1n) is 9.15. The third-order valence-electron chi connectivity index (χ3n) is 5.20. The Hall–Kier alpha value is -2.08. The van der Waals surface area contributed by atoms with Gasteiger partial charge in [-0.1, -0.05) is 27.7 Å². The summed E-state index contributed by atoms with van der Waals surface area (Å²) in [7, 11) is 1.58. The summed E-state index contributed by atoms with van der Waals surface area (Å²) in [4.78, 5) is 27.5. The van der Waals surface area contributed by atoms with Gasteiger partial charge in [0.15, 0.2) is 0 Å². The number of nitrogens with zero attached hydrogens (tertiary/aromatic N) is 1. The number of rotatable bonds is 5. The minimum atomic E-state index is -0.560. The topological polar surface area (TPSA) is 84.7 Å². The van der Waals surface area contributed by atoms with Crippen LogP contribution in [0, 0.1) is 11.3 Å². The van der Waals surface area contributed by atoms with E-state index in [1.54, 1.807) is 31.4 Å². The van der Waals surface area contributed by atoms with Crippen molar-refractivity contribution < 1.29 is 14.3 Å². The van der Waals surface area contributed by atoms with Crippen LogP contribution in [-0.2, 0) is 4.79 Å². The Morgan fingerprint density at radius 1 is 1.27 bits per heavy atom. The van der Waals surface area contributed by atoms with E-state index in [2.05, 4.69) is 19.2 Å². The van der Waals surface area contributed by atoms with Gasteiger partial charge < -0.3 is 20.7 Å². The van der Waals surface area contributed by atoms with Crippen molar-refractivity contribution in [2.24, 2.45) is 17.1 Å². The van der Waals surface area contributed by atoms with E-state index in [1.165, 1.54) is 0 Å². The number of hydrogen-bond donors (Lipinski definition) is 2. The fourth-order valence-corrected chi connectivity index (χ4v) is 3.24. The Balaban J connectivity index is 2.10. The van der Waals surface area contributed by atoms with Crippen LogP contribution < -0.4 is 15.8 Å². The maximum atomic E-state index is 13.1. The first-order valence-corrected chi connectivity index (χ1v) is 9.15. The molecule has 1 aliphatic rings. The molecule has 1 fully saturated rings. The zero-order chi connectivity index (χ0) is 19.5. The number of nitrogens with two attached hydrogens (primary N) is 1. The van der Waals surface area contributed by atoms with Gasteiger partial charge >= 0.3 is 0 Å². The number of piperidine rings is 1. The molecule has 0 radical (unpaired) electrons. The van der Waals surface area contributed by atoms with E-state index in [1.807, 2.05) is 18.7 Å². The van der Waals surface area contributed by atoms with Crippen molar-refractivity contribution in [2.75, 3.05) is 20.2 Å². The van der Waals surface area contributed by atoms with Gasteiger partial charge in [-0.05, 0) is 42.0 Å². The minimum Gasteiger partial charge on any atom is -0.497 e. The summed E-state index contributed by atoms with van der Waals surface area (Å²) in [5.41, 5.74) is 6.55. The highest BCUT2D eigenvalue weighted by Gasteiger charge is 2.38. The molecule has 0 aromatic heterocycles. The summed E-state index contributed by atoms with van der Waals surface area (Å²) in [6, 6.07) is 6.37. The molecule has 0 spiro atoms. The molecule has 0 saturated carbocycles. The Kier molecular flexibility index (Phi) is 6.29. The summed E-state index contributed by atoms with van der Waals surface area (Å²) in [5.74, 6) is 0.378. The van der Waals surface area contributed by atoms with Gasteiger partial charge in [0.25, 0.3) is 5.91 Å². The lowest BCUT2D eigenvalue weighted by atomic mass is 9.79. The van der Waals surface area contributed by atoms with Gasteiger partial charge in [-0.15, -0.1) is 0 Å². The van der Waals surface area contributed by atoms with Crippen molar-refractivity contribution in [2.45, 2.75) is 46.2 Å². The SMILES string of the molecule is COc1ccc(C(=O)NC(C(=O)N2CCC(N)C(C)(C)C2)C(C)C)cc1. The monoisotopic (exact) mass is 361 g/mol. The molecule has 2 rings (SSSR count). The highest BCUT2D eigenvalue weighted by Crippen LogP contribution is 2.28. The van der Waals surface area contributed by atoms with Crippen molar-refractivity contribution in [1.82, 2.24) is 10.2 Å². The van der Waals surface area contributed by atoms with Crippen LogP contribution in [0.3, 0.4) is 0 Å². The molecule has 6 nitrogen and oxygen atoms in total. The highest BCUT2D eigenvalue weighted by molar-refractivity contribution is 5.97. The predicted molar refractivity (Wildman–Crippen MR) is 102 cm³/mol. The lowest BCUT2D eigenvalue weighted by Gasteiger charge is -2.44. The molecular formula is C20H31N3O3. The Labute approximate surface area is 156 Å². The number of carbonyl (C=O) groups excluding carboxylic acids is 2. The summed E-state index contributed by atoms with van der Waals surface area (Å²) in [5, 5.41) is 2.90. The fourth-order valence-electron chi connectivity index (χ4n) is 3.24. The molecule has 1 aliphatic heterocycles. The van der Waals surface area contributed by atoms with Gasteiger partial charge in [0.1, 0.15) is 11.8 Å². The molecule has 2 atom stereocenters. The second kappa shape index (κ2) is 8.08. The van der Waals surface area contributed by atoms with Crippen LogP contribution in [0.2, 0.25) is 0 Å². The maximum absolute atomic E-state index is 13.1. The number of benzene rings is 1. The molecule has 1 aromatic rings. The van der Waals surface area contributed by atoms with Gasteiger partial charge in [0, 0.05) is 24.7 Å². The third kappa shape index (κ3) is 4.55. The van der Waals surface area contributed by atoms with E-state index >= 15 is 0 Å². The number of hydrogen-bond acceptors (Lipinski definition) is 4. The molecular weight excluding hydrogens is 330 g/mol. The predicted octanol–water partition coefficient (Wildman–Crippen LogP) is 2.04. The maximum Gasteiger partial charge on any atom is 0.251 e. The first-order chi connectivity index (χ1) is 12.2. The van der Waals surface area contributed by atoms with Crippen molar-refractivity contribution in [3.05, 3.63) is 29.8 Å². The lowest BCUT2D eigenvalue weighted by molar-refractivity contribution is -0.137. The number of amides is 2. The molecule has 2 unspecified atom stereocenters. The van der Waals surface area contributed by atoms with Crippen LogP contribution in [0.15, 0.2) is 24.3 Å². The number of carbonyl (C=O) groups is 2. The largest absolute Gasteiger partial charge is 0.497 e. The van der Waals surface area contributed by atoms with Crippen LogP contribution in [0.5, 0.6) is 5.75 Å². The summed E-state index contributed by atoms with van der Waals surface area (Å²) >= 11 is 0. The zero-order valence-corrected chi connectivity index (χ0v) is 16.4. The van der Waals surface area contributed by atoms with Crippen LogP contribution in [-0.4, -0.2) is 49.0 Å². The summed E-state index contributed by atoms with van der Waals surface area (Å²) < 4.78 is 5.11. The van der Waals surface area contributed by atoms with Crippen LogP contribution >= 0.6 is 0 Å². The van der Waals surface area contributed by atoms with Crippen molar-refractivity contribution in [3.8, 4) is 5.75 Å². The van der Waals surface area contributed by atoms with E-state index < -0.39 is 6.04 Å². The third-order valence-corrected chi connectivity index (χ3v) is 5.20. The Bertz CT molecular complexity index is 640. The zero-order valence-electron chi connectivity index (χ0n) is 16.4. The van der Waals surface area contributed by atoms with Crippen LogP contribution in [0.4, 0.5) is 0 Å². The van der Waals surface area contributed by atoms with E-state index in [0.717, 1.165) is 6.42 Å². The molecule has 1 saturated heterocycles. The molecule has 0 bridgehead atoms. The number of ether oxygens (including phenoxy) is 1. The normalized spacial score (nSPS) is 20.6. The van der Waals surface area contributed by atoms with Gasteiger partial charge in [-0.3, -0.25) is 9.59 Å². The van der Waals surface area contributed by atoms with E-state index in [0.29, 0.717) is 24.4 Å². The summed E-state index contributed by atoms with van der Waals surface area (Å²) in [6.07, 6.45) is 0.774. The van der Waals surface area contributed by atoms with Crippen molar-refractivity contribution in [3.63, 3.8) is 0 Å². The average Bonchev–Trinajstić information content (AvgIpc) is 2.61. The van der Waals surface area contributed by atoms with Gasteiger partial charge in [0.05, 0.1) is 7.11 Å². The standard InChI is InChI=1S/C20H31N3O3/c1-13(2)17(19(25)23-11-10-16(21)20(3,4)12-23)22-18(24)14-6-8-15(26-5)9-7-14/h6-9,13,16-17H,10-12,21H2,1-5H3,(H,22,24). The van der Waals surface area contributed by atoms with Gasteiger partial charge in [-0.25, -0.2) is 0 Å². The molecule has 3 N–H and O–H groups in total. The number of methoxy groups -OCH3 is 1. The number of nitrogens with one attached hydrogen (secondary N) is 1. The quantitative estimate of drug-likeness (QED) is 0.840. The van der Waals surface area contributed by atoms with Crippen LogP contribution in [0.1, 0.15) is 44.5 Å². The summed E-state index contributed by atoms with van der Waals surface area (Å²) in [6.45, 7) is 9.28. The molecule has 144 valence electrons. The molecule has 1 heterocycles. The molecule has 6 heteroatoms. The van der Waals surface area contributed by atoms with E-state index in [9.17, 15) is 9.59 Å². The second-order valence-electron chi connectivity index (χ2n) is 8.07. The lowest BCUT2D eigenvalue weighted by Crippen LogP contribution is -2.59. The first kappa shape index (κ1) is 20.2. The number of likely N-dealkylation sites (tertiary alicyclic amines) is 1. The smallest absolute Gasteiger partial charge is 0.251 e. The highest BCUT2D eigenvalue weighted by atomic mass is 16.5. The van der Waals surface area contributed by atoms with Crippen molar-refractivity contribution in [1.29, 1.82) is 0 Å². The molecule has 1 aromatic carbocycles.